The van der Waals surface area contributed by atoms with Gasteiger partial charge in [-0.2, -0.15) is 0 Å². The van der Waals surface area contributed by atoms with Crippen molar-refractivity contribution in [2.24, 2.45) is 11.7 Å². The van der Waals surface area contributed by atoms with E-state index in [4.69, 9.17) is 17.3 Å². The highest BCUT2D eigenvalue weighted by Crippen LogP contribution is 2.27. The van der Waals surface area contributed by atoms with E-state index >= 15 is 0 Å². The summed E-state index contributed by atoms with van der Waals surface area (Å²) in [4.78, 5) is 21.6. The summed E-state index contributed by atoms with van der Waals surface area (Å²) >= 11 is 5.73. The lowest BCUT2D eigenvalue weighted by Crippen LogP contribution is -2.39. The van der Waals surface area contributed by atoms with E-state index in [-0.39, 0.29) is 22.5 Å². The molecule has 0 saturated carbocycles. The summed E-state index contributed by atoms with van der Waals surface area (Å²) in [6.45, 7) is 3.65. The number of anilines is 1. The number of hydrogen-bond donors (Lipinski definition) is 2. The standard InChI is InChI=1S/C11H14ClN3O3/c1-6(2)10(13)11(16)14-7-3-4-9(15(17)18)8(12)5-7/h3-6,10H,13H2,1-2H3,(H,14,16)/t10-/m1/s1. The number of carbonyl (C=O) groups is 1. The molecule has 0 spiro atoms. The second-order valence-electron chi connectivity index (χ2n) is 4.18. The molecule has 98 valence electrons. The number of nitro benzene ring substituents is 1. The van der Waals surface area contributed by atoms with Crippen molar-refractivity contribution in [3.8, 4) is 0 Å². The van der Waals surface area contributed by atoms with Gasteiger partial charge in [-0.15, -0.1) is 0 Å². The molecular weight excluding hydrogens is 258 g/mol. The molecule has 0 aromatic heterocycles. The molecule has 0 heterocycles. The number of halogens is 1. The molecule has 1 aromatic carbocycles. The Morgan fingerprint density at radius 3 is 2.56 bits per heavy atom. The number of nitro groups is 1. The van der Waals surface area contributed by atoms with Gasteiger partial charge < -0.3 is 11.1 Å². The van der Waals surface area contributed by atoms with Crippen LogP contribution in [-0.2, 0) is 4.79 Å². The number of amides is 1. The predicted molar refractivity (Wildman–Crippen MR) is 69.5 cm³/mol. The van der Waals surface area contributed by atoms with Gasteiger partial charge in [0, 0.05) is 11.8 Å². The Kier molecular flexibility index (Phi) is 4.63. The van der Waals surface area contributed by atoms with Crippen molar-refractivity contribution in [1.82, 2.24) is 0 Å². The van der Waals surface area contributed by atoms with E-state index in [0.29, 0.717) is 5.69 Å². The van der Waals surface area contributed by atoms with Crippen LogP contribution in [0.3, 0.4) is 0 Å². The van der Waals surface area contributed by atoms with Crippen LogP contribution >= 0.6 is 11.6 Å². The monoisotopic (exact) mass is 271 g/mol. The number of nitrogens with zero attached hydrogens (tertiary/aromatic N) is 1. The predicted octanol–water partition coefficient (Wildman–Crippen LogP) is 2.17. The van der Waals surface area contributed by atoms with Crippen LogP contribution in [-0.4, -0.2) is 16.9 Å². The van der Waals surface area contributed by atoms with Crippen molar-refractivity contribution in [1.29, 1.82) is 0 Å². The van der Waals surface area contributed by atoms with Crippen LogP contribution < -0.4 is 11.1 Å². The van der Waals surface area contributed by atoms with Crippen molar-refractivity contribution in [3.05, 3.63) is 33.3 Å². The number of nitrogens with two attached hydrogens (primary N) is 1. The maximum atomic E-state index is 11.7. The molecule has 0 aliphatic carbocycles. The fourth-order valence-corrected chi connectivity index (χ4v) is 1.51. The lowest BCUT2D eigenvalue weighted by Gasteiger charge is -2.15. The first kappa shape index (κ1) is 14.4. The number of benzene rings is 1. The van der Waals surface area contributed by atoms with Crippen LogP contribution in [0.4, 0.5) is 11.4 Å². The number of carbonyl (C=O) groups excluding carboxylic acids is 1. The zero-order valence-corrected chi connectivity index (χ0v) is 10.8. The second-order valence-corrected chi connectivity index (χ2v) is 4.59. The molecule has 1 aromatic rings. The topological polar surface area (TPSA) is 98.3 Å². The number of rotatable bonds is 4. The Balaban J connectivity index is 2.84. The summed E-state index contributed by atoms with van der Waals surface area (Å²) < 4.78 is 0. The summed E-state index contributed by atoms with van der Waals surface area (Å²) in [5.74, 6) is -0.353. The summed E-state index contributed by atoms with van der Waals surface area (Å²) in [6, 6.07) is 3.33. The minimum Gasteiger partial charge on any atom is -0.325 e. The SMILES string of the molecule is CC(C)[C@@H](N)C(=O)Nc1ccc([N+](=O)[O-])c(Cl)c1. The average molecular weight is 272 g/mol. The quantitative estimate of drug-likeness (QED) is 0.647. The Bertz CT molecular complexity index is 477. The zero-order chi connectivity index (χ0) is 13.9. The fraction of sp³-hybridized carbons (Fsp3) is 0.364. The van der Waals surface area contributed by atoms with E-state index in [2.05, 4.69) is 5.32 Å². The molecule has 0 fully saturated rings. The molecule has 0 aliphatic heterocycles. The largest absolute Gasteiger partial charge is 0.325 e. The van der Waals surface area contributed by atoms with E-state index in [1.165, 1.54) is 18.2 Å². The molecule has 0 unspecified atom stereocenters. The molecule has 1 rings (SSSR count). The van der Waals surface area contributed by atoms with Gasteiger partial charge >= 0.3 is 0 Å². The molecule has 0 aliphatic rings. The third kappa shape index (κ3) is 3.41. The maximum Gasteiger partial charge on any atom is 0.288 e. The highest BCUT2D eigenvalue weighted by Gasteiger charge is 2.18. The van der Waals surface area contributed by atoms with Gasteiger partial charge in [-0.25, -0.2) is 0 Å². The van der Waals surface area contributed by atoms with Crippen LogP contribution in [0.1, 0.15) is 13.8 Å². The van der Waals surface area contributed by atoms with Crippen molar-refractivity contribution < 1.29 is 9.72 Å². The highest BCUT2D eigenvalue weighted by molar-refractivity contribution is 6.33. The Morgan fingerprint density at radius 2 is 2.11 bits per heavy atom. The Morgan fingerprint density at radius 1 is 1.50 bits per heavy atom. The summed E-state index contributed by atoms with van der Waals surface area (Å²) in [7, 11) is 0. The first-order chi connectivity index (χ1) is 8.32. The van der Waals surface area contributed by atoms with Crippen LogP contribution in [0, 0.1) is 16.0 Å². The maximum absolute atomic E-state index is 11.7. The molecule has 1 atom stereocenters. The third-order valence-corrected chi connectivity index (χ3v) is 2.74. The smallest absolute Gasteiger partial charge is 0.288 e. The van der Waals surface area contributed by atoms with Gasteiger partial charge in [0.1, 0.15) is 5.02 Å². The minimum absolute atomic E-state index is 0.00137. The number of hydrogen-bond acceptors (Lipinski definition) is 4. The van der Waals surface area contributed by atoms with Crippen LogP contribution in [0.5, 0.6) is 0 Å². The van der Waals surface area contributed by atoms with Crippen molar-refractivity contribution >= 4 is 28.9 Å². The van der Waals surface area contributed by atoms with Crippen molar-refractivity contribution in [3.63, 3.8) is 0 Å². The van der Waals surface area contributed by atoms with Gasteiger partial charge in [0.2, 0.25) is 5.91 Å². The first-order valence-electron chi connectivity index (χ1n) is 5.33. The van der Waals surface area contributed by atoms with Crippen molar-refractivity contribution in [2.45, 2.75) is 19.9 Å². The fourth-order valence-electron chi connectivity index (χ4n) is 1.26. The zero-order valence-electron chi connectivity index (χ0n) is 10.0. The van der Waals surface area contributed by atoms with Gasteiger partial charge in [0.15, 0.2) is 0 Å². The average Bonchev–Trinajstić information content (AvgIpc) is 2.27. The molecule has 0 radical (unpaired) electrons. The summed E-state index contributed by atoms with van der Waals surface area (Å²) in [5.41, 5.74) is 5.85. The van der Waals surface area contributed by atoms with E-state index in [1.807, 2.05) is 13.8 Å². The lowest BCUT2D eigenvalue weighted by atomic mass is 10.0. The normalized spacial score (nSPS) is 12.3. The molecule has 1 amide bonds. The van der Waals surface area contributed by atoms with Crippen molar-refractivity contribution in [2.75, 3.05) is 5.32 Å². The highest BCUT2D eigenvalue weighted by atomic mass is 35.5. The van der Waals surface area contributed by atoms with Crippen LogP contribution in [0.15, 0.2) is 18.2 Å². The Labute approximate surface area is 109 Å². The van der Waals surface area contributed by atoms with E-state index in [0.717, 1.165) is 0 Å². The molecule has 7 heteroatoms. The van der Waals surface area contributed by atoms with E-state index < -0.39 is 11.0 Å². The summed E-state index contributed by atoms with van der Waals surface area (Å²) in [6.07, 6.45) is 0. The van der Waals surface area contributed by atoms with Crippen LogP contribution in [0.2, 0.25) is 5.02 Å². The molecule has 18 heavy (non-hydrogen) atoms. The van der Waals surface area contributed by atoms with E-state index in [1.54, 1.807) is 0 Å². The molecule has 3 N–H and O–H groups in total. The van der Waals surface area contributed by atoms with Gasteiger partial charge in [-0.1, -0.05) is 25.4 Å². The Hall–Kier alpha value is -1.66. The van der Waals surface area contributed by atoms with Gasteiger partial charge in [0.05, 0.1) is 11.0 Å². The second kappa shape index (κ2) is 5.79. The van der Waals surface area contributed by atoms with Gasteiger partial charge in [-0.05, 0) is 18.1 Å². The van der Waals surface area contributed by atoms with Crippen LogP contribution in [0.25, 0.3) is 0 Å². The summed E-state index contributed by atoms with van der Waals surface area (Å²) in [5, 5.41) is 13.1. The molecule has 0 saturated heterocycles. The third-order valence-electron chi connectivity index (χ3n) is 2.43. The lowest BCUT2D eigenvalue weighted by molar-refractivity contribution is -0.384. The minimum atomic E-state index is -0.640. The number of nitrogens with one attached hydrogen (secondary N) is 1. The van der Waals surface area contributed by atoms with Gasteiger partial charge in [-0.3, -0.25) is 14.9 Å². The van der Waals surface area contributed by atoms with Gasteiger partial charge in [0.25, 0.3) is 5.69 Å². The molecule has 6 nitrogen and oxygen atoms in total. The first-order valence-corrected chi connectivity index (χ1v) is 5.71. The van der Waals surface area contributed by atoms with E-state index in [9.17, 15) is 14.9 Å². The molecule has 0 bridgehead atoms. The molecular formula is C11H14ClN3O3.